The summed E-state index contributed by atoms with van der Waals surface area (Å²) < 4.78 is 0. The van der Waals surface area contributed by atoms with E-state index in [0.29, 0.717) is 12.2 Å². The van der Waals surface area contributed by atoms with Crippen molar-refractivity contribution in [3.05, 3.63) is 59.7 Å². The molecule has 1 heterocycles. The fourth-order valence-electron chi connectivity index (χ4n) is 2.85. The minimum absolute atomic E-state index is 0.0388. The van der Waals surface area contributed by atoms with E-state index in [4.69, 9.17) is 5.11 Å². The van der Waals surface area contributed by atoms with Gasteiger partial charge in [0.1, 0.15) is 0 Å². The van der Waals surface area contributed by atoms with E-state index in [1.54, 1.807) is 29.2 Å². The number of rotatable bonds is 4. The lowest BCUT2D eigenvalue weighted by atomic mass is 10.1. The highest BCUT2D eigenvalue weighted by Crippen LogP contribution is 2.26. The molecule has 2 aromatic rings. The van der Waals surface area contributed by atoms with Crippen LogP contribution in [0.4, 0.5) is 11.4 Å². The molecule has 5 heteroatoms. The molecule has 5 nitrogen and oxygen atoms in total. The molecule has 1 unspecified atom stereocenters. The predicted molar refractivity (Wildman–Crippen MR) is 92.6 cm³/mol. The summed E-state index contributed by atoms with van der Waals surface area (Å²) in [4.78, 5) is 26.3. The maximum Gasteiger partial charge on any atom is 0.229 e. The maximum absolute atomic E-state index is 12.4. The van der Waals surface area contributed by atoms with Crippen molar-refractivity contribution in [2.75, 3.05) is 16.8 Å². The quantitative estimate of drug-likeness (QED) is 0.908. The summed E-state index contributed by atoms with van der Waals surface area (Å²) in [7, 11) is 0. The van der Waals surface area contributed by atoms with Gasteiger partial charge in [-0.25, -0.2) is 0 Å². The Kier molecular flexibility index (Phi) is 4.62. The second-order valence-electron chi connectivity index (χ2n) is 6.09. The molecule has 0 aromatic heterocycles. The van der Waals surface area contributed by atoms with Crippen LogP contribution in [-0.2, 0) is 16.2 Å². The molecular formula is C19H20N2O3. The van der Waals surface area contributed by atoms with Gasteiger partial charge in [0.25, 0.3) is 0 Å². The number of carbonyl (C=O) groups excluding carboxylic acids is 2. The van der Waals surface area contributed by atoms with E-state index in [1.807, 2.05) is 31.2 Å². The molecule has 1 aliphatic rings. The van der Waals surface area contributed by atoms with E-state index in [9.17, 15) is 9.59 Å². The fraction of sp³-hybridized carbons (Fsp3) is 0.263. The third-order valence-corrected chi connectivity index (χ3v) is 4.22. The van der Waals surface area contributed by atoms with Crippen LogP contribution in [0.5, 0.6) is 0 Å². The minimum Gasteiger partial charge on any atom is -0.392 e. The van der Waals surface area contributed by atoms with Crippen LogP contribution in [0.15, 0.2) is 48.5 Å². The molecule has 2 N–H and O–H groups in total. The van der Waals surface area contributed by atoms with Crippen molar-refractivity contribution in [2.24, 2.45) is 5.92 Å². The minimum atomic E-state index is -0.378. The van der Waals surface area contributed by atoms with Crippen molar-refractivity contribution < 1.29 is 14.7 Å². The number of benzene rings is 2. The number of hydrogen-bond donors (Lipinski definition) is 2. The lowest BCUT2D eigenvalue weighted by Crippen LogP contribution is -2.28. The highest BCUT2D eigenvalue weighted by atomic mass is 16.3. The first kappa shape index (κ1) is 16.2. The van der Waals surface area contributed by atoms with Crippen LogP contribution >= 0.6 is 0 Å². The van der Waals surface area contributed by atoms with Crippen molar-refractivity contribution >= 4 is 23.2 Å². The molecule has 2 amide bonds. The van der Waals surface area contributed by atoms with Crippen molar-refractivity contribution in [2.45, 2.75) is 20.0 Å². The van der Waals surface area contributed by atoms with E-state index in [2.05, 4.69) is 5.32 Å². The van der Waals surface area contributed by atoms with Crippen LogP contribution in [0.3, 0.4) is 0 Å². The first-order valence-corrected chi connectivity index (χ1v) is 7.94. The number of aryl methyl sites for hydroxylation is 1. The standard InChI is InChI=1S/C19H20N2O3/c1-13-5-7-17(8-6-13)21-11-15(10-18(21)23)19(24)20-16-4-2-3-14(9-16)12-22/h2-9,15,22H,10-12H2,1H3,(H,20,24). The summed E-state index contributed by atoms with van der Waals surface area (Å²) in [6.07, 6.45) is 0.208. The van der Waals surface area contributed by atoms with Gasteiger partial charge in [-0.2, -0.15) is 0 Å². The van der Waals surface area contributed by atoms with E-state index in [-0.39, 0.29) is 30.8 Å². The number of anilines is 2. The molecular weight excluding hydrogens is 304 g/mol. The van der Waals surface area contributed by atoms with Gasteiger partial charge in [0, 0.05) is 24.3 Å². The monoisotopic (exact) mass is 324 g/mol. The Morgan fingerprint density at radius 2 is 2.00 bits per heavy atom. The van der Waals surface area contributed by atoms with Crippen LogP contribution in [0.1, 0.15) is 17.5 Å². The van der Waals surface area contributed by atoms with Crippen LogP contribution in [0.25, 0.3) is 0 Å². The first-order chi connectivity index (χ1) is 11.6. The zero-order chi connectivity index (χ0) is 17.1. The van der Waals surface area contributed by atoms with Gasteiger partial charge in [-0.3, -0.25) is 9.59 Å². The number of hydrogen-bond acceptors (Lipinski definition) is 3. The Morgan fingerprint density at radius 3 is 2.71 bits per heavy atom. The topological polar surface area (TPSA) is 69.6 Å². The van der Waals surface area contributed by atoms with Gasteiger partial charge in [0.05, 0.1) is 12.5 Å². The van der Waals surface area contributed by atoms with Crippen molar-refractivity contribution in [1.82, 2.24) is 0 Å². The normalized spacial score (nSPS) is 17.2. The molecule has 1 fully saturated rings. The highest BCUT2D eigenvalue weighted by molar-refractivity contribution is 6.03. The number of amides is 2. The summed E-state index contributed by atoms with van der Waals surface area (Å²) in [5.41, 5.74) is 3.32. The molecule has 0 aliphatic carbocycles. The third kappa shape index (κ3) is 3.46. The van der Waals surface area contributed by atoms with E-state index in [0.717, 1.165) is 16.8 Å². The summed E-state index contributed by atoms with van der Waals surface area (Å²) in [5, 5.41) is 12.0. The van der Waals surface area contributed by atoms with Gasteiger partial charge in [-0.05, 0) is 36.8 Å². The summed E-state index contributed by atoms with van der Waals surface area (Å²) in [6.45, 7) is 2.30. The molecule has 1 atom stereocenters. The molecule has 24 heavy (non-hydrogen) atoms. The smallest absolute Gasteiger partial charge is 0.229 e. The fourth-order valence-corrected chi connectivity index (χ4v) is 2.85. The summed E-state index contributed by atoms with van der Waals surface area (Å²) in [5.74, 6) is -0.590. The van der Waals surface area contributed by atoms with Crippen molar-refractivity contribution in [3.63, 3.8) is 0 Å². The van der Waals surface area contributed by atoms with Gasteiger partial charge in [-0.15, -0.1) is 0 Å². The molecule has 2 aromatic carbocycles. The molecule has 0 spiro atoms. The zero-order valence-corrected chi connectivity index (χ0v) is 13.5. The molecule has 1 aliphatic heterocycles. The Bertz CT molecular complexity index is 755. The van der Waals surface area contributed by atoms with Crippen molar-refractivity contribution in [3.8, 4) is 0 Å². The summed E-state index contributed by atoms with van der Waals surface area (Å²) >= 11 is 0. The maximum atomic E-state index is 12.4. The highest BCUT2D eigenvalue weighted by Gasteiger charge is 2.35. The number of nitrogens with zero attached hydrogens (tertiary/aromatic N) is 1. The van der Waals surface area contributed by atoms with Crippen LogP contribution in [-0.4, -0.2) is 23.5 Å². The van der Waals surface area contributed by atoms with Gasteiger partial charge < -0.3 is 15.3 Å². The Hall–Kier alpha value is -2.66. The Balaban J connectivity index is 1.68. The average molecular weight is 324 g/mol. The van der Waals surface area contributed by atoms with Gasteiger partial charge in [-0.1, -0.05) is 29.8 Å². The second kappa shape index (κ2) is 6.84. The first-order valence-electron chi connectivity index (χ1n) is 7.94. The van der Waals surface area contributed by atoms with Crippen LogP contribution in [0.2, 0.25) is 0 Å². The van der Waals surface area contributed by atoms with E-state index >= 15 is 0 Å². The molecule has 1 saturated heterocycles. The van der Waals surface area contributed by atoms with Gasteiger partial charge >= 0.3 is 0 Å². The van der Waals surface area contributed by atoms with E-state index in [1.165, 1.54) is 0 Å². The number of aliphatic hydroxyl groups excluding tert-OH is 1. The largest absolute Gasteiger partial charge is 0.392 e. The third-order valence-electron chi connectivity index (χ3n) is 4.22. The number of nitrogens with one attached hydrogen (secondary N) is 1. The number of aliphatic hydroxyl groups is 1. The Labute approximate surface area is 140 Å². The van der Waals surface area contributed by atoms with Crippen molar-refractivity contribution in [1.29, 1.82) is 0 Å². The average Bonchev–Trinajstić information content (AvgIpc) is 2.98. The Morgan fingerprint density at radius 1 is 1.25 bits per heavy atom. The van der Waals surface area contributed by atoms with Crippen LogP contribution in [0, 0.1) is 12.8 Å². The summed E-state index contributed by atoms with van der Waals surface area (Å²) in [6, 6.07) is 14.8. The van der Waals surface area contributed by atoms with Gasteiger partial charge in [0.15, 0.2) is 0 Å². The molecule has 124 valence electrons. The number of carbonyl (C=O) groups is 2. The molecule has 0 saturated carbocycles. The van der Waals surface area contributed by atoms with Gasteiger partial charge in [0.2, 0.25) is 11.8 Å². The molecule has 0 radical (unpaired) electrons. The second-order valence-corrected chi connectivity index (χ2v) is 6.09. The lowest BCUT2D eigenvalue weighted by Gasteiger charge is -2.17. The van der Waals surface area contributed by atoms with E-state index < -0.39 is 0 Å². The predicted octanol–water partition coefficient (Wildman–Crippen LogP) is 2.48. The van der Waals surface area contributed by atoms with Crippen LogP contribution < -0.4 is 10.2 Å². The SMILES string of the molecule is Cc1ccc(N2CC(C(=O)Nc3cccc(CO)c3)CC2=O)cc1. The zero-order valence-electron chi connectivity index (χ0n) is 13.5. The lowest BCUT2D eigenvalue weighted by molar-refractivity contribution is -0.122. The molecule has 3 rings (SSSR count). The molecule has 0 bridgehead atoms.